The van der Waals surface area contributed by atoms with E-state index in [2.05, 4.69) is 65.5 Å². The molecule has 0 saturated carbocycles. The predicted molar refractivity (Wildman–Crippen MR) is 117 cm³/mol. The highest BCUT2D eigenvalue weighted by Gasteiger charge is 2.18. The van der Waals surface area contributed by atoms with Crippen LogP contribution in [0.4, 0.5) is 0 Å². The third-order valence-corrected chi connectivity index (χ3v) is 5.84. The van der Waals surface area contributed by atoms with Crippen LogP contribution in [0.1, 0.15) is 37.5 Å². The molecule has 0 aromatic heterocycles. The van der Waals surface area contributed by atoms with Gasteiger partial charge in [0.25, 0.3) is 0 Å². The van der Waals surface area contributed by atoms with E-state index in [0.717, 1.165) is 52.9 Å². The number of rotatable bonds is 7. The van der Waals surface area contributed by atoms with E-state index in [0.29, 0.717) is 6.61 Å². The number of hydrogen-bond acceptors (Lipinski definition) is 3. The SMILES string of the molecule is CC(C)(C)c1cc(CNCC2CNC2)cc(OCc2ccc(Cl)cc2Br)c1. The number of hydrogen-bond donors (Lipinski definition) is 2. The van der Waals surface area contributed by atoms with Gasteiger partial charge >= 0.3 is 0 Å². The summed E-state index contributed by atoms with van der Waals surface area (Å²) in [5.74, 6) is 1.67. The van der Waals surface area contributed by atoms with E-state index >= 15 is 0 Å². The van der Waals surface area contributed by atoms with Crippen molar-refractivity contribution < 1.29 is 4.74 Å². The van der Waals surface area contributed by atoms with Crippen LogP contribution in [-0.4, -0.2) is 19.6 Å². The minimum absolute atomic E-state index is 0.0763. The molecule has 1 aliphatic heterocycles. The van der Waals surface area contributed by atoms with Gasteiger partial charge in [0.15, 0.2) is 0 Å². The van der Waals surface area contributed by atoms with Crippen molar-refractivity contribution >= 4 is 27.5 Å². The molecule has 1 heterocycles. The molecule has 2 aromatic rings. The van der Waals surface area contributed by atoms with Gasteiger partial charge in [0.1, 0.15) is 12.4 Å². The highest BCUT2D eigenvalue weighted by molar-refractivity contribution is 9.10. The van der Waals surface area contributed by atoms with Crippen molar-refractivity contribution in [1.29, 1.82) is 0 Å². The number of halogens is 2. The largest absolute Gasteiger partial charge is 0.489 e. The Hall–Kier alpha value is -1.07. The van der Waals surface area contributed by atoms with Gasteiger partial charge in [-0.25, -0.2) is 0 Å². The van der Waals surface area contributed by atoms with Crippen molar-refractivity contribution in [3.63, 3.8) is 0 Å². The Balaban J connectivity index is 1.70. The Bertz CT molecular complexity index is 784. The van der Waals surface area contributed by atoms with Crippen LogP contribution in [0.25, 0.3) is 0 Å². The summed E-state index contributed by atoms with van der Waals surface area (Å²) in [5, 5.41) is 7.62. The van der Waals surface area contributed by atoms with Gasteiger partial charge in [-0.2, -0.15) is 0 Å². The van der Waals surface area contributed by atoms with E-state index in [-0.39, 0.29) is 5.41 Å². The van der Waals surface area contributed by atoms with E-state index in [1.807, 2.05) is 18.2 Å². The van der Waals surface area contributed by atoms with Gasteiger partial charge in [0.2, 0.25) is 0 Å². The predicted octanol–water partition coefficient (Wildman–Crippen LogP) is 5.29. The normalized spacial score (nSPS) is 14.9. The van der Waals surface area contributed by atoms with E-state index in [1.165, 1.54) is 11.1 Å². The summed E-state index contributed by atoms with van der Waals surface area (Å²) >= 11 is 9.59. The lowest BCUT2D eigenvalue weighted by Crippen LogP contribution is -2.47. The zero-order valence-electron chi connectivity index (χ0n) is 16.2. The molecule has 0 spiro atoms. The van der Waals surface area contributed by atoms with Crippen LogP contribution >= 0.6 is 27.5 Å². The molecule has 3 rings (SSSR count). The standard InChI is InChI=1S/C22H28BrClN2O/c1-22(2,3)18-6-15(10-25-11-16-12-26-13-16)7-20(8-18)27-14-17-4-5-19(24)9-21(17)23/h4-9,16,25-26H,10-14H2,1-3H3. The molecule has 1 saturated heterocycles. The lowest BCUT2D eigenvalue weighted by molar-refractivity contribution is 0.304. The van der Waals surface area contributed by atoms with Crippen LogP contribution in [0.15, 0.2) is 40.9 Å². The molecular weight excluding hydrogens is 424 g/mol. The zero-order valence-corrected chi connectivity index (χ0v) is 18.6. The summed E-state index contributed by atoms with van der Waals surface area (Å²) in [6, 6.07) is 12.4. The summed E-state index contributed by atoms with van der Waals surface area (Å²) in [4.78, 5) is 0. The maximum Gasteiger partial charge on any atom is 0.120 e. The van der Waals surface area contributed by atoms with E-state index in [4.69, 9.17) is 16.3 Å². The molecule has 0 atom stereocenters. The number of ether oxygens (including phenoxy) is 1. The zero-order chi connectivity index (χ0) is 19.4. The van der Waals surface area contributed by atoms with Crippen molar-refractivity contribution in [3.05, 3.63) is 62.6 Å². The van der Waals surface area contributed by atoms with Crippen molar-refractivity contribution in [2.45, 2.75) is 39.3 Å². The molecule has 5 heteroatoms. The minimum atomic E-state index is 0.0763. The van der Waals surface area contributed by atoms with Gasteiger partial charge in [-0.15, -0.1) is 0 Å². The van der Waals surface area contributed by atoms with Crippen molar-refractivity contribution in [2.75, 3.05) is 19.6 Å². The molecule has 146 valence electrons. The fourth-order valence-corrected chi connectivity index (χ4v) is 3.79. The Kier molecular flexibility index (Phi) is 6.85. The topological polar surface area (TPSA) is 33.3 Å². The highest BCUT2D eigenvalue weighted by Crippen LogP contribution is 2.29. The third kappa shape index (κ3) is 5.95. The lowest BCUT2D eigenvalue weighted by atomic mass is 9.86. The number of nitrogens with one attached hydrogen (secondary N) is 2. The van der Waals surface area contributed by atoms with Gasteiger partial charge < -0.3 is 15.4 Å². The molecule has 1 aliphatic rings. The van der Waals surface area contributed by atoms with Gasteiger partial charge in [-0.3, -0.25) is 0 Å². The first kappa shape index (κ1) is 20.7. The molecule has 3 nitrogen and oxygen atoms in total. The van der Waals surface area contributed by atoms with Crippen LogP contribution in [0.3, 0.4) is 0 Å². The van der Waals surface area contributed by atoms with E-state index < -0.39 is 0 Å². The molecule has 27 heavy (non-hydrogen) atoms. The second-order valence-corrected chi connectivity index (χ2v) is 9.59. The molecule has 1 fully saturated rings. The fraction of sp³-hybridized carbons (Fsp3) is 0.455. The monoisotopic (exact) mass is 450 g/mol. The summed E-state index contributed by atoms with van der Waals surface area (Å²) in [6.45, 7) is 11.4. The number of benzene rings is 2. The molecule has 0 amide bonds. The first-order valence-corrected chi connectivity index (χ1v) is 10.6. The Labute approximate surface area is 176 Å². The fourth-order valence-electron chi connectivity index (χ4n) is 2.99. The Morgan fingerprint density at radius 2 is 1.96 bits per heavy atom. The van der Waals surface area contributed by atoms with Crippen LogP contribution in [0.5, 0.6) is 5.75 Å². The van der Waals surface area contributed by atoms with Crippen molar-refractivity contribution in [3.8, 4) is 5.75 Å². The summed E-state index contributed by atoms with van der Waals surface area (Å²) in [7, 11) is 0. The van der Waals surface area contributed by atoms with Crippen molar-refractivity contribution in [2.24, 2.45) is 5.92 Å². The van der Waals surface area contributed by atoms with Crippen LogP contribution in [-0.2, 0) is 18.6 Å². The molecule has 2 aromatic carbocycles. The third-order valence-electron chi connectivity index (χ3n) is 4.87. The molecule has 0 aliphatic carbocycles. The smallest absolute Gasteiger partial charge is 0.120 e. The second kappa shape index (κ2) is 8.95. The summed E-state index contributed by atoms with van der Waals surface area (Å²) < 4.78 is 7.11. The summed E-state index contributed by atoms with van der Waals surface area (Å²) in [6.07, 6.45) is 0. The lowest BCUT2D eigenvalue weighted by Gasteiger charge is -2.27. The van der Waals surface area contributed by atoms with Crippen molar-refractivity contribution in [1.82, 2.24) is 10.6 Å². The van der Waals surface area contributed by atoms with Gasteiger partial charge in [-0.05, 0) is 46.7 Å². The molecule has 0 radical (unpaired) electrons. The van der Waals surface area contributed by atoms with Gasteiger partial charge in [0.05, 0.1) is 0 Å². The second-order valence-electron chi connectivity index (χ2n) is 8.30. The minimum Gasteiger partial charge on any atom is -0.489 e. The Morgan fingerprint density at radius 1 is 1.19 bits per heavy atom. The average Bonchev–Trinajstić information content (AvgIpc) is 2.55. The maximum absolute atomic E-state index is 6.14. The maximum atomic E-state index is 6.14. The Morgan fingerprint density at radius 3 is 2.59 bits per heavy atom. The van der Waals surface area contributed by atoms with E-state index in [9.17, 15) is 0 Å². The van der Waals surface area contributed by atoms with E-state index in [1.54, 1.807) is 0 Å². The van der Waals surface area contributed by atoms with Gasteiger partial charge in [0, 0.05) is 41.2 Å². The summed E-state index contributed by atoms with van der Waals surface area (Å²) in [5.41, 5.74) is 3.71. The highest BCUT2D eigenvalue weighted by atomic mass is 79.9. The molecule has 2 N–H and O–H groups in total. The van der Waals surface area contributed by atoms with Crippen LogP contribution < -0.4 is 15.4 Å². The quantitative estimate of drug-likeness (QED) is 0.600. The molecule has 0 bridgehead atoms. The first-order chi connectivity index (χ1) is 12.8. The molecular formula is C22H28BrClN2O. The van der Waals surface area contributed by atoms with Crippen LogP contribution in [0, 0.1) is 5.92 Å². The van der Waals surface area contributed by atoms with Gasteiger partial charge in [-0.1, -0.05) is 60.4 Å². The van der Waals surface area contributed by atoms with Crippen LogP contribution in [0.2, 0.25) is 5.02 Å². The first-order valence-electron chi connectivity index (χ1n) is 9.44. The average molecular weight is 452 g/mol. The molecule has 0 unspecified atom stereocenters.